The number of aromatic nitrogens is 3. The van der Waals surface area contributed by atoms with Gasteiger partial charge in [-0.3, -0.25) is 4.68 Å². The summed E-state index contributed by atoms with van der Waals surface area (Å²) in [5.74, 6) is 0.468. The highest BCUT2D eigenvalue weighted by Crippen LogP contribution is 2.32. The van der Waals surface area contributed by atoms with Gasteiger partial charge >= 0.3 is 5.97 Å². The fraction of sp³-hybridized carbons (Fsp3) is 0.267. The van der Waals surface area contributed by atoms with E-state index in [2.05, 4.69) is 10.3 Å². The molecule has 0 saturated heterocycles. The van der Waals surface area contributed by atoms with Crippen LogP contribution in [-0.4, -0.2) is 34.6 Å². The predicted octanol–water partition coefficient (Wildman–Crippen LogP) is 1.84. The summed E-state index contributed by atoms with van der Waals surface area (Å²) in [6.07, 6.45) is 3.10. The van der Waals surface area contributed by atoms with Gasteiger partial charge < -0.3 is 19.7 Å². The highest BCUT2D eigenvalue weighted by molar-refractivity contribution is 5.93. The van der Waals surface area contributed by atoms with Crippen molar-refractivity contribution in [3.63, 3.8) is 0 Å². The molecule has 2 heterocycles. The first-order valence-electron chi connectivity index (χ1n) is 7.03. The highest BCUT2D eigenvalue weighted by Gasteiger charge is 2.14. The van der Waals surface area contributed by atoms with E-state index in [-0.39, 0.29) is 5.82 Å². The summed E-state index contributed by atoms with van der Waals surface area (Å²) >= 11 is 0. The van der Waals surface area contributed by atoms with Crippen LogP contribution in [0.15, 0.2) is 29.0 Å². The van der Waals surface area contributed by atoms with Crippen molar-refractivity contribution >= 4 is 22.8 Å². The number of esters is 1. The normalized spacial score (nSPS) is 10.9. The number of ether oxygens (including phenoxy) is 2. The van der Waals surface area contributed by atoms with Crippen molar-refractivity contribution in [2.45, 2.75) is 13.5 Å². The van der Waals surface area contributed by atoms with Crippen LogP contribution in [0.2, 0.25) is 0 Å². The van der Waals surface area contributed by atoms with E-state index < -0.39 is 5.97 Å². The largest absolute Gasteiger partial charge is 0.496 e. The summed E-state index contributed by atoms with van der Waals surface area (Å²) < 4.78 is 17.1. The second-order valence-electron chi connectivity index (χ2n) is 4.89. The molecule has 2 N–H and O–H groups in total. The van der Waals surface area contributed by atoms with Crippen LogP contribution in [-0.2, 0) is 11.3 Å². The molecule has 8 nitrogen and oxygen atoms in total. The molecule has 0 aliphatic rings. The number of anilines is 1. The van der Waals surface area contributed by atoms with Gasteiger partial charge in [-0.1, -0.05) is 5.16 Å². The minimum atomic E-state index is -0.394. The molecule has 3 rings (SSSR count). The second-order valence-corrected chi connectivity index (χ2v) is 4.89. The molecule has 0 aliphatic carbocycles. The Hall–Kier alpha value is -3.03. The Labute approximate surface area is 131 Å². The standard InChI is InChI=1S/C15H16N4O4/c1-3-22-15(20)10-6-17-19(8-10)7-9-4-11(21-2)13-12(5-9)23-18-14(13)16/h4-6,8H,3,7H2,1-2H3,(H2,16,18). The van der Waals surface area contributed by atoms with Gasteiger partial charge in [-0.05, 0) is 24.6 Å². The molecular weight excluding hydrogens is 300 g/mol. The molecule has 0 bridgehead atoms. The third-order valence-corrected chi connectivity index (χ3v) is 3.33. The van der Waals surface area contributed by atoms with Crippen molar-refractivity contribution in [3.05, 3.63) is 35.7 Å². The van der Waals surface area contributed by atoms with Crippen LogP contribution in [0.5, 0.6) is 5.75 Å². The monoisotopic (exact) mass is 316 g/mol. The van der Waals surface area contributed by atoms with Crippen molar-refractivity contribution in [1.29, 1.82) is 0 Å². The number of carbonyl (C=O) groups excluding carboxylic acids is 1. The van der Waals surface area contributed by atoms with E-state index in [0.29, 0.717) is 35.4 Å². The molecule has 0 atom stereocenters. The van der Waals surface area contributed by atoms with Gasteiger partial charge in [0.05, 0.1) is 32.0 Å². The molecule has 23 heavy (non-hydrogen) atoms. The van der Waals surface area contributed by atoms with E-state index in [4.69, 9.17) is 19.7 Å². The van der Waals surface area contributed by atoms with E-state index in [1.165, 1.54) is 6.20 Å². The number of benzene rings is 1. The second kappa shape index (κ2) is 5.99. The summed E-state index contributed by atoms with van der Waals surface area (Å²) in [4.78, 5) is 11.7. The van der Waals surface area contributed by atoms with Gasteiger partial charge in [0.25, 0.3) is 0 Å². The van der Waals surface area contributed by atoms with Gasteiger partial charge in [-0.25, -0.2) is 4.79 Å². The van der Waals surface area contributed by atoms with Crippen LogP contribution in [0, 0.1) is 0 Å². The Balaban J connectivity index is 1.88. The zero-order chi connectivity index (χ0) is 16.4. The number of nitrogens with zero attached hydrogens (tertiary/aromatic N) is 3. The van der Waals surface area contributed by atoms with Crippen molar-refractivity contribution in [2.75, 3.05) is 19.5 Å². The van der Waals surface area contributed by atoms with Crippen molar-refractivity contribution in [2.24, 2.45) is 0 Å². The van der Waals surface area contributed by atoms with E-state index >= 15 is 0 Å². The van der Waals surface area contributed by atoms with Crippen LogP contribution in [0.25, 0.3) is 11.0 Å². The first-order chi connectivity index (χ1) is 11.1. The molecule has 0 spiro atoms. The lowest BCUT2D eigenvalue weighted by atomic mass is 10.1. The van der Waals surface area contributed by atoms with Gasteiger partial charge in [0.1, 0.15) is 11.1 Å². The Bertz CT molecular complexity index is 852. The number of rotatable bonds is 5. The fourth-order valence-corrected chi connectivity index (χ4v) is 2.32. The highest BCUT2D eigenvalue weighted by atomic mass is 16.5. The van der Waals surface area contributed by atoms with E-state index in [0.717, 1.165) is 5.56 Å². The molecule has 0 saturated carbocycles. The van der Waals surface area contributed by atoms with Gasteiger partial charge in [-0.15, -0.1) is 0 Å². The van der Waals surface area contributed by atoms with E-state index in [1.807, 2.05) is 12.1 Å². The Morgan fingerprint density at radius 1 is 1.43 bits per heavy atom. The minimum absolute atomic E-state index is 0.284. The first-order valence-corrected chi connectivity index (χ1v) is 7.03. The van der Waals surface area contributed by atoms with Gasteiger partial charge in [0, 0.05) is 6.20 Å². The number of fused-ring (bicyclic) bond motifs is 1. The number of methoxy groups -OCH3 is 1. The van der Waals surface area contributed by atoms with Crippen LogP contribution >= 0.6 is 0 Å². The lowest BCUT2D eigenvalue weighted by molar-refractivity contribution is 0.0526. The maximum atomic E-state index is 11.7. The maximum Gasteiger partial charge on any atom is 0.341 e. The summed E-state index contributed by atoms with van der Waals surface area (Å²) in [6, 6.07) is 3.65. The smallest absolute Gasteiger partial charge is 0.341 e. The lowest BCUT2D eigenvalue weighted by Gasteiger charge is -2.06. The average molecular weight is 316 g/mol. The van der Waals surface area contributed by atoms with E-state index in [9.17, 15) is 4.79 Å². The average Bonchev–Trinajstić information content (AvgIpc) is 3.14. The molecular formula is C15H16N4O4. The number of carbonyl (C=O) groups is 1. The molecule has 0 unspecified atom stereocenters. The van der Waals surface area contributed by atoms with Crippen molar-refractivity contribution < 1.29 is 18.8 Å². The molecule has 2 aromatic heterocycles. The third-order valence-electron chi connectivity index (χ3n) is 3.33. The first kappa shape index (κ1) is 14.9. The quantitative estimate of drug-likeness (QED) is 0.716. The summed E-state index contributed by atoms with van der Waals surface area (Å²) in [5.41, 5.74) is 7.59. The van der Waals surface area contributed by atoms with Crippen LogP contribution in [0.1, 0.15) is 22.8 Å². The zero-order valence-electron chi connectivity index (χ0n) is 12.8. The summed E-state index contributed by atoms with van der Waals surface area (Å²) in [6.45, 7) is 2.52. The maximum absolute atomic E-state index is 11.7. The summed E-state index contributed by atoms with van der Waals surface area (Å²) in [7, 11) is 1.55. The Morgan fingerprint density at radius 3 is 3.00 bits per heavy atom. The topological polar surface area (TPSA) is 105 Å². The van der Waals surface area contributed by atoms with Gasteiger partial charge in [-0.2, -0.15) is 5.10 Å². The molecule has 0 fully saturated rings. The van der Waals surface area contributed by atoms with E-state index in [1.54, 1.807) is 24.9 Å². The van der Waals surface area contributed by atoms with Crippen LogP contribution in [0.4, 0.5) is 5.82 Å². The predicted molar refractivity (Wildman–Crippen MR) is 82.3 cm³/mol. The number of nitrogens with two attached hydrogens (primary N) is 1. The minimum Gasteiger partial charge on any atom is -0.496 e. The molecule has 1 aromatic carbocycles. The van der Waals surface area contributed by atoms with Gasteiger partial charge in [0.2, 0.25) is 0 Å². The van der Waals surface area contributed by atoms with Crippen molar-refractivity contribution in [3.8, 4) is 5.75 Å². The number of hydrogen-bond donors (Lipinski definition) is 1. The number of hydrogen-bond acceptors (Lipinski definition) is 7. The third kappa shape index (κ3) is 2.83. The van der Waals surface area contributed by atoms with Gasteiger partial charge in [0.15, 0.2) is 11.4 Å². The van der Waals surface area contributed by atoms with Crippen molar-refractivity contribution in [1.82, 2.24) is 14.9 Å². The van der Waals surface area contributed by atoms with Crippen LogP contribution in [0.3, 0.4) is 0 Å². The van der Waals surface area contributed by atoms with Crippen LogP contribution < -0.4 is 10.5 Å². The Morgan fingerprint density at radius 2 is 2.26 bits per heavy atom. The molecule has 8 heteroatoms. The SMILES string of the molecule is CCOC(=O)c1cnn(Cc2cc(OC)c3c(N)noc3c2)c1. The summed E-state index contributed by atoms with van der Waals surface area (Å²) in [5, 5.41) is 8.54. The molecule has 0 radical (unpaired) electrons. The number of nitrogen functional groups attached to an aromatic ring is 1. The zero-order valence-corrected chi connectivity index (χ0v) is 12.8. The lowest BCUT2D eigenvalue weighted by Crippen LogP contribution is -2.04. The molecule has 0 aliphatic heterocycles. The molecule has 0 amide bonds. The Kier molecular flexibility index (Phi) is 3.88. The fourth-order valence-electron chi connectivity index (χ4n) is 2.32. The molecule has 3 aromatic rings. The molecule has 120 valence electrons.